The van der Waals surface area contributed by atoms with Crippen molar-refractivity contribution >= 4 is 17.7 Å². The molecule has 0 aromatic carbocycles. The first-order chi connectivity index (χ1) is 16.5. The van der Waals surface area contributed by atoms with E-state index in [0.29, 0.717) is 29.0 Å². The molecular weight excluding hydrogens is 516 g/mol. The molecule has 1 unspecified atom stereocenters. The number of esters is 1. The molecule has 4 aliphatic rings. The number of carbonyl (C=O) groups excluding carboxylic acids is 2. The molecule has 4 fully saturated rings. The standard InChI is InChI=1S/C25H32N4O5.BrH/c30-23(28-22-6-10-26-17-27-22)15-29-11-7-18(8-12-29)21(14-29)34-24(31)25(32,20-9-13-33-16-20)19-4-2-1-3-5-19;/h6,9-10,13,16-19,21,32H,1-5,7-8,11-12,14-15H2;1H/t18?,21-,25?,29?;/m0./s1. The smallest absolute Gasteiger partial charge is 0.343 e. The van der Waals surface area contributed by atoms with Gasteiger partial charge in [0.1, 0.15) is 18.7 Å². The fourth-order valence-electron chi connectivity index (χ4n) is 6.18. The summed E-state index contributed by atoms with van der Waals surface area (Å²) >= 11 is 0. The number of carbonyl (C=O) groups is 2. The molecule has 1 aliphatic carbocycles. The van der Waals surface area contributed by atoms with E-state index in [1.807, 2.05) is 0 Å². The lowest BCUT2D eigenvalue weighted by atomic mass is 9.74. The lowest BCUT2D eigenvalue weighted by Gasteiger charge is -2.52. The van der Waals surface area contributed by atoms with Crippen molar-refractivity contribution in [2.75, 3.05) is 31.5 Å². The van der Waals surface area contributed by atoms with Gasteiger partial charge in [0, 0.05) is 36.4 Å². The van der Waals surface area contributed by atoms with E-state index in [4.69, 9.17) is 9.15 Å². The number of rotatable bonds is 7. The Labute approximate surface area is 215 Å². The maximum atomic E-state index is 13.6. The van der Waals surface area contributed by atoms with E-state index in [2.05, 4.69) is 15.3 Å². The van der Waals surface area contributed by atoms with Crippen LogP contribution in [0.4, 0.5) is 5.82 Å². The number of quaternary nitrogens is 1. The van der Waals surface area contributed by atoms with E-state index in [0.717, 1.165) is 58.0 Å². The van der Waals surface area contributed by atoms with Crippen LogP contribution in [0.5, 0.6) is 0 Å². The van der Waals surface area contributed by atoms with Crippen molar-refractivity contribution in [3.63, 3.8) is 0 Å². The first kappa shape index (κ1) is 25.8. The highest BCUT2D eigenvalue weighted by Crippen LogP contribution is 2.42. The quantitative estimate of drug-likeness (QED) is 0.358. The maximum absolute atomic E-state index is 13.6. The molecule has 1 amide bonds. The molecular formula is C25H33BrN4O5. The number of anilines is 1. The van der Waals surface area contributed by atoms with Gasteiger partial charge in [0.05, 0.1) is 25.6 Å². The minimum atomic E-state index is -1.70. The van der Waals surface area contributed by atoms with Crippen LogP contribution in [0.3, 0.4) is 0 Å². The number of hydrogen-bond donors (Lipinski definition) is 2. The van der Waals surface area contributed by atoms with Crippen molar-refractivity contribution in [1.82, 2.24) is 9.97 Å². The number of ether oxygens (including phenoxy) is 1. The van der Waals surface area contributed by atoms with Crippen molar-refractivity contribution in [2.24, 2.45) is 11.8 Å². The molecule has 0 spiro atoms. The number of aliphatic hydroxyl groups is 1. The number of nitrogens with zero attached hydrogens (tertiary/aromatic N) is 3. The summed E-state index contributed by atoms with van der Waals surface area (Å²) < 4.78 is 11.9. The van der Waals surface area contributed by atoms with E-state index in [9.17, 15) is 14.7 Å². The van der Waals surface area contributed by atoms with E-state index in [1.165, 1.54) is 18.9 Å². The summed E-state index contributed by atoms with van der Waals surface area (Å²) in [5.74, 6) is -0.141. The average molecular weight is 549 g/mol. The summed E-state index contributed by atoms with van der Waals surface area (Å²) in [7, 11) is 0. The lowest BCUT2D eigenvalue weighted by Crippen LogP contribution is -3.00. The molecule has 3 saturated heterocycles. The number of amides is 1. The van der Waals surface area contributed by atoms with Crippen LogP contribution in [0.2, 0.25) is 0 Å². The topological polar surface area (TPSA) is 115 Å². The van der Waals surface area contributed by atoms with Crippen LogP contribution in [0.25, 0.3) is 0 Å². The van der Waals surface area contributed by atoms with Gasteiger partial charge in [-0.05, 0) is 25.0 Å². The van der Waals surface area contributed by atoms with Crippen molar-refractivity contribution < 1.29 is 45.3 Å². The van der Waals surface area contributed by atoms with Crippen LogP contribution in [-0.4, -0.2) is 63.7 Å². The zero-order chi connectivity index (χ0) is 23.6. The van der Waals surface area contributed by atoms with E-state index >= 15 is 0 Å². The Morgan fingerprint density at radius 3 is 2.60 bits per heavy atom. The van der Waals surface area contributed by atoms with E-state index in [-0.39, 0.29) is 40.8 Å². The molecule has 9 nitrogen and oxygen atoms in total. The number of aromatic nitrogens is 2. The summed E-state index contributed by atoms with van der Waals surface area (Å²) in [4.78, 5) is 34.3. The van der Waals surface area contributed by atoms with Crippen molar-refractivity contribution in [1.29, 1.82) is 0 Å². The van der Waals surface area contributed by atoms with Gasteiger partial charge in [0.25, 0.3) is 5.91 Å². The minimum absolute atomic E-state index is 0. The van der Waals surface area contributed by atoms with Gasteiger partial charge in [0.15, 0.2) is 18.2 Å². The maximum Gasteiger partial charge on any atom is 0.343 e. The Morgan fingerprint density at radius 1 is 1.17 bits per heavy atom. The van der Waals surface area contributed by atoms with Crippen LogP contribution < -0.4 is 22.3 Å². The lowest BCUT2D eigenvalue weighted by molar-refractivity contribution is -0.939. The molecule has 5 heterocycles. The van der Waals surface area contributed by atoms with E-state index < -0.39 is 11.6 Å². The normalized spacial score (nSPS) is 27.9. The minimum Gasteiger partial charge on any atom is -1.00 e. The van der Waals surface area contributed by atoms with E-state index in [1.54, 1.807) is 18.3 Å². The molecule has 2 N–H and O–H groups in total. The average Bonchev–Trinajstić information content (AvgIpc) is 3.40. The highest BCUT2D eigenvalue weighted by atomic mass is 79.9. The molecule has 0 radical (unpaired) electrons. The number of nitrogens with one attached hydrogen (secondary N) is 1. The third kappa shape index (κ3) is 5.29. The van der Waals surface area contributed by atoms with Gasteiger partial charge < -0.3 is 41.0 Å². The highest BCUT2D eigenvalue weighted by molar-refractivity contribution is 5.90. The number of fused-ring (bicyclic) bond motifs is 3. The van der Waals surface area contributed by atoms with Crippen LogP contribution in [0.15, 0.2) is 41.6 Å². The zero-order valence-corrected chi connectivity index (χ0v) is 21.4. The number of piperidine rings is 3. The second kappa shape index (κ2) is 10.8. The molecule has 1 saturated carbocycles. The highest BCUT2D eigenvalue weighted by Gasteiger charge is 2.53. The third-order valence-electron chi connectivity index (χ3n) is 8.10. The summed E-state index contributed by atoms with van der Waals surface area (Å²) in [6, 6.07) is 3.32. The Morgan fingerprint density at radius 2 is 1.94 bits per heavy atom. The Hall–Kier alpha value is -2.30. The molecule has 10 heteroatoms. The second-order valence-electron chi connectivity index (χ2n) is 10.2. The van der Waals surface area contributed by atoms with Crippen LogP contribution in [-0.2, 0) is 19.9 Å². The van der Waals surface area contributed by atoms with Crippen LogP contribution in [0, 0.1) is 11.8 Å². The molecule has 35 heavy (non-hydrogen) atoms. The predicted molar refractivity (Wildman–Crippen MR) is 122 cm³/mol. The SMILES string of the molecule is O=C(C[N+]12CCC(CC1)[C@@H](OC(=O)C(O)(c1ccoc1)C1CCCCC1)C2)Nc1ccncn1.[Br-]. The second-order valence-corrected chi connectivity index (χ2v) is 10.2. The predicted octanol–water partition coefficient (Wildman–Crippen LogP) is -0.368. The molecule has 190 valence electrons. The van der Waals surface area contributed by atoms with Crippen molar-refractivity contribution in [3.05, 3.63) is 42.7 Å². The summed E-state index contributed by atoms with van der Waals surface area (Å²) in [5.41, 5.74) is -1.23. The largest absolute Gasteiger partial charge is 1.00 e. The zero-order valence-electron chi connectivity index (χ0n) is 19.8. The first-order valence-electron chi connectivity index (χ1n) is 12.4. The summed E-state index contributed by atoms with van der Waals surface area (Å²) in [6.07, 6.45) is 12.1. The fraction of sp³-hybridized carbons (Fsp3) is 0.600. The monoisotopic (exact) mass is 548 g/mol. The van der Waals surface area contributed by atoms with Crippen LogP contribution in [0.1, 0.15) is 50.5 Å². The first-order valence-corrected chi connectivity index (χ1v) is 12.4. The fourth-order valence-corrected chi connectivity index (χ4v) is 6.18. The number of furan rings is 1. The van der Waals surface area contributed by atoms with Gasteiger partial charge in [-0.3, -0.25) is 4.79 Å². The molecule has 3 aliphatic heterocycles. The van der Waals surface area contributed by atoms with Gasteiger partial charge in [-0.2, -0.15) is 0 Å². The molecule has 2 aromatic rings. The van der Waals surface area contributed by atoms with Gasteiger partial charge >= 0.3 is 5.97 Å². The van der Waals surface area contributed by atoms with Gasteiger partial charge in [-0.1, -0.05) is 19.3 Å². The van der Waals surface area contributed by atoms with Gasteiger partial charge in [-0.15, -0.1) is 0 Å². The van der Waals surface area contributed by atoms with Gasteiger partial charge in [0.2, 0.25) is 0 Å². The molecule has 2 atom stereocenters. The van der Waals surface area contributed by atoms with Crippen molar-refractivity contribution in [2.45, 2.75) is 56.7 Å². The molecule has 6 rings (SSSR count). The summed E-state index contributed by atoms with van der Waals surface area (Å²) in [6.45, 7) is 2.65. The van der Waals surface area contributed by atoms with Crippen molar-refractivity contribution in [3.8, 4) is 0 Å². The molecule has 2 bridgehead atoms. The Kier molecular flexibility index (Phi) is 7.92. The number of hydrogen-bond acceptors (Lipinski definition) is 7. The Bertz CT molecular complexity index is 991. The van der Waals surface area contributed by atoms with Crippen LogP contribution >= 0.6 is 0 Å². The third-order valence-corrected chi connectivity index (χ3v) is 8.10. The number of halogens is 1. The molecule has 2 aromatic heterocycles. The summed E-state index contributed by atoms with van der Waals surface area (Å²) in [5, 5.41) is 14.6. The Balaban J connectivity index is 0.00000289. The van der Waals surface area contributed by atoms with Gasteiger partial charge in [-0.25, -0.2) is 14.8 Å².